The van der Waals surface area contributed by atoms with E-state index in [0.29, 0.717) is 18.8 Å². The van der Waals surface area contributed by atoms with Crippen molar-refractivity contribution < 1.29 is 24.0 Å². The highest BCUT2D eigenvalue weighted by atomic mass is 31.2. The number of fused-ring (bicyclic) bond motifs is 1. The molecule has 1 aromatic carbocycles. The first-order valence-corrected chi connectivity index (χ1v) is 11.5. The van der Waals surface area contributed by atoms with Crippen molar-refractivity contribution in [3.05, 3.63) is 35.4 Å². The lowest BCUT2D eigenvalue weighted by atomic mass is 9.93. The zero-order valence-electron chi connectivity index (χ0n) is 15.8. The van der Waals surface area contributed by atoms with Crippen molar-refractivity contribution in [3.63, 3.8) is 0 Å². The fourth-order valence-electron chi connectivity index (χ4n) is 3.30. The van der Waals surface area contributed by atoms with Crippen LogP contribution in [0, 0.1) is 12.8 Å². The smallest absolute Gasteiger partial charge is 0.368 e. The maximum atomic E-state index is 11.3. The molecule has 0 spiro atoms. The Labute approximate surface area is 169 Å². The van der Waals surface area contributed by atoms with Gasteiger partial charge in [0.05, 0.1) is 5.71 Å². The second kappa shape index (κ2) is 8.42. The Morgan fingerprint density at radius 2 is 1.97 bits per heavy atom. The molecule has 0 aliphatic carbocycles. The van der Waals surface area contributed by atoms with Crippen molar-refractivity contribution in [1.82, 2.24) is 5.01 Å². The third kappa shape index (κ3) is 4.47. The number of aryl methyl sites for hydroxylation is 1. The lowest BCUT2D eigenvalue weighted by Crippen LogP contribution is -2.42. The summed E-state index contributed by atoms with van der Waals surface area (Å²) in [5, 5.41) is 13.8. The SMILES string of the molecule is Cc1ccc(C2=NN(CCCCC(O)(P=O)P(=O)(O)O)C3N=CN=C(N)C23)cc1. The number of rotatable bonds is 8. The van der Waals surface area contributed by atoms with Gasteiger partial charge in [-0.25, -0.2) is 9.98 Å². The van der Waals surface area contributed by atoms with Crippen LogP contribution in [0.2, 0.25) is 0 Å². The van der Waals surface area contributed by atoms with Gasteiger partial charge in [-0.3, -0.25) is 14.1 Å². The first-order valence-electron chi connectivity index (χ1n) is 9.06. The number of amidine groups is 1. The van der Waals surface area contributed by atoms with Gasteiger partial charge in [0.2, 0.25) is 13.5 Å². The lowest BCUT2D eigenvalue weighted by Gasteiger charge is -2.26. The van der Waals surface area contributed by atoms with Gasteiger partial charge < -0.3 is 20.6 Å². The molecule has 0 saturated heterocycles. The van der Waals surface area contributed by atoms with Gasteiger partial charge in [0, 0.05) is 6.54 Å². The van der Waals surface area contributed by atoms with E-state index in [1.54, 1.807) is 5.01 Å². The molecule has 0 radical (unpaired) electrons. The molecule has 0 bridgehead atoms. The number of hydrogen-bond donors (Lipinski definition) is 4. The summed E-state index contributed by atoms with van der Waals surface area (Å²) in [6.45, 7) is 2.42. The van der Waals surface area contributed by atoms with Gasteiger partial charge in [-0.05, 0) is 31.7 Å². The average molecular weight is 439 g/mol. The fraction of sp³-hybridized carbons (Fsp3) is 0.471. The molecule has 156 valence electrons. The highest BCUT2D eigenvalue weighted by Gasteiger charge is 2.46. The topological polar surface area (TPSA) is 161 Å². The monoisotopic (exact) mass is 439 g/mol. The molecular formula is C17H23N5O5P2. The summed E-state index contributed by atoms with van der Waals surface area (Å²) >= 11 is 0. The molecule has 2 heterocycles. The van der Waals surface area contributed by atoms with Crippen LogP contribution in [0.15, 0.2) is 39.4 Å². The summed E-state index contributed by atoms with van der Waals surface area (Å²) < 4.78 is 22.4. The molecule has 0 aromatic heterocycles. The summed E-state index contributed by atoms with van der Waals surface area (Å²) in [5.41, 5.74) is 8.92. The van der Waals surface area contributed by atoms with E-state index in [2.05, 4.69) is 15.1 Å². The molecule has 29 heavy (non-hydrogen) atoms. The number of hydrogen-bond acceptors (Lipinski definition) is 8. The number of aliphatic hydroxyl groups is 1. The molecule has 3 atom stereocenters. The van der Waals surface area contributed by atoms with E-state index in [0.717, 1.165) is 16.8 Å². The van der Waals surface area contributed by atoms with Crippen molar-refractivity contribution in [2.75, 3.05) is 6.54 Å². The minimum Gasteiger partial charge on any atom is -0.386 e. The molecular weight excluding hydrogens is 416 g/mol. The predicted octanol–water partition coefficient (Wildman–Crippen LogP) is 1.64. The second-order valence-corrected chi connectivity index (χ2v) is 10.2. The van der Waals surface area contributed by atoms with Crippen molar-refractivity contribution in [3.8, 4) is 0 Å². The minimum absolute atomic E-state index is 0.243. The largest absolute Gasteiger partial charge is 0.386 e. The first kappa shape index (κ1) is 21.7. The van der Waals surface area contributed by atoms with Crippen molar-refractivity contribution in [2.45, 2.75) is 37.4 Å². The first-order chi connectivity index (χ1) is 13.7. The Kier molecular flexibility index (Phi) is 6.31. The van der Waals surface area contributed by atoms with E-state index in [-0.39, 0.29) is 24.9 Å². The Morgan fingerprint density at radius 1 is 1.28 bits per heavy atom. The molecule has 5 N–H and O–H groups in total. The van der Waals surface area contributed by atoms with Crippen LogP contribution in [-0.4, -0.2) is 55.6 Å². The fourth-order valence-corrected chi connectivity index (χ4v) is 4.43. The van der Waals surface area contributed by atoms with E-state index in [1.165, 1.54) is 6.34 Å². The lowest BCUT2D eigenvalue weighted by molar-refractivity contribution is 0.151. The van der Waals surface area contributed by atoms with Crippen molar-refractivity contribution in [1.29, 1.82) is 0 Å². The third-order valence-electron chi connectivity index (χ3n) is 4.99. The van der Waals surface area contributed by atoms with E-state index in [9.17, 15) is 24.0 Å². The van der Waals surface area contributed by atoms with Crippen molar-refractivity contribution >= 4 is 33.9 Å². The van der Waals surface area contributed by atoms with Crippen LogP contribution in [0.1, 0.15) is 30.4 Å². The minimum atomic E-state index is -4.91. The number of aliphatic imine (C=N–C) groups is 2. The van der Waals surface area contributed by atoms with E-state index >= 15 is 0 Å². The number of hydrazone groups is 1. The summed E-state index contributed by atoms with van der Waals surface area (Å²) in [6.07, 6.45) is 1.46. The van der Waals surface area contributed by atoms with Gasteiger partial charge in [0.1, 0.15) is 18.1 Å². The summed E-state index contributed by atoms with van der Waals surface area (Å²) in [4.78, 5) is 26.9. The summed E-state index contributed by atoms with van der Waals surface area (Å²) in [6, 6.07) is 7.90. The standard InChI is InChI=1S/C17H23N5O5P2/c1-11-4-6-12(7-5-11)14-13-15(18)19-10-20-16(13)22(21-14)9-3-2-8-17(23,28-24)29(25,26)27/h4-7,10,13,16,23H,2-3,8-9H2,1H3,(H2,18,19,20)(H2,25,26,27). The summed E-state index contributed by atoms with van der Waals surface area (Å²) in [5.74, 6) is 0.141. The number of nitrogens with two attached hydrogens (primary N) is 1. The number of unbranched alkanes of at least 4 members (excludes halogenated alkanes) is 1. The Morgan fingerprint density at radius 3 is 2.59 bits per heavy atom. The van der Waals surface area contributed by atoms with Gasteiger partial charge >= 0.3 is 7.60 Å². The van der Waals surface area contributed by atoms with E-state index in [4.69, 9.17) is 5.73 Å². The Bertz CT molecular complexity index is 913. The van der Waals surface area contributed by atoms with Gasteiger partial charge in [-0.1, -0.05) is 29.8 Å². The molecule has 12 heteroatoms. The van der Waals surface area contributed by atoms with Crippen LogP contribution in [-0.2, 0) is 9.13 Å². The van der Waals surface area contributed by atoms with Crippen LogP contribution < -0.4 is 5.73 Å². The van der Waals surface area contributed by atoms with Gasteiger partial charge in [0.15, 0.2) is 6.17 Å². The molecule has 3 unspecified atom stereocenters. The van der Waals surface area contributed by atoms with Crippen LogP contribution in [0.4, 0.5) is 0 Å². The third-order valence-corrected chi connectivity index (χ3v) is 7.69. The molecule has 10 nitrogen and oxygen atoms in total. The molecule has 1 aromatic rings. The molecule has 0 amide bonds. The normalized spacial score (nSPS) is 23.5. The van der Waals surface area contributed by atoms with Gasteiger partial charge in [-0.15, -0.1) is 0 Å². The number of nitrogens with zero attached hydrogens (tertiary/aromatic N) is 4. The predicted molar refractivity (Wildman–Crippen MR) is 110 cm³/mol. The Hall–Kier alpha value is -1.96. The van der Waals surface area contributed by atoms with Crippen LogP contribution in [0.5, 0.6) is 0 Å². The maximum Gasteiger partial charge on any atom is 0.368 e. The molecule has 2 aliphatic heterocycles. The molecule has 0 saturated carbocycles. The number of benzene rings is 1. The van der Waals surface area contributed by atoms with Crippen LogP contribution in [0.25, 0.3) is 0 Å². The van der Waals surface area contributed by atoms with E-state index in [1.807, 2.05) is 31.2 Å². The zero-order chi connectivity index (χ0) is 21.2. The summed E-state index contributed by atoms with van der Waals surface area (Å²) in [7, 11) is -5.90. The van der Waals surface area contributed by atoms with E-state index < -0.39 is 21.1 Å². The van der Waals surface area contributed by atoms with Gasteiger partial charge in [0.25, 0.3) is 0 Å². The molecule has 2 aliphatic rings. The van der Waals surface area contributed by atoms with Gasteiger partial charge in [-0.2, -0.15) is 5.10 Å². The maximum absolute atomic E-state index is 11.3. The van der Waals surface area contributed by atoms with Crippen molar-refractivity contribution in [2.24, 2.45) is 26.7 Å². The van der Waals surface area contributed by atoms with Crippen LogP contribution >= 0.6 is 16.1 Å². The quantitative estimate of drug-likeness (QED) is 0.354. The Balaban J connectivity index is 1.71. The van der Waals surface area contributed by atoms with Crippen LogP contribution in [0.3, 0.4) is 0 Å². The average Bonchev–Trinajstić information content (AvgIpc) is 3.05. The highest BCUT2D eigenvalue weighted by molar-refractivity contribution is 7.63. The highest BCUT2D eigenvalue weighted by Crippen LogP contribution is 2.57. The molecule has 0 fully saturated rings. The molecule has 3 rings (SSSR count). The zero-order valence-corrected chi connectivity index (χ0v) is 17.6. The second-order valence-electron chi connectivity index (χ2n) is 7.09.